The zero-order chi connectivity index (χ0) is 6.41. The predicted molar refractivity (Wildman–Crippen MR) is 45.8 cm³/mol. The van der Waals surface area contributed by atoms with Crippen molar-refractivity contribution in [1.82, 2.24) is 11.5 Å². The van der Waals surface area contributed by atoms with E-state index in [0.29, 0.717) is 0 Å². The Morgan fingerprint density at radius 2 is 2.20 bits per heavy atom. The van der Waals surface area contributed by atoms with Gasteiger partial charge in [-0.1, -0.05) is 13.5 Å². The Kier molecular flexibility index (Phi) is 18.3. The predicted octanol–water partition coefficient (Wildman–Crippen LogP) is 1.28. The first-order valence-corrected chi connectivity index (χ1v) is 2.71. The molecule has 0 saturated carbocycles. The molecule has 0 bridgehead atoms. The van der Waals surface area contributed by atoms with Crippen molar-refractivity contribution >= 4 is 18.3 Å². The first-order valence-electron chi connectivity index (χ1n) is 2.71. The van der Waals surface area contributed by atoms with Gasteiger partial charge in [-0.2, -0.15) is 0 Å². The molecule has 0 aliphatic heterocycles. The highest BCUT2D eigenvalue weighted by atomic mass is 35.5. The lowest BCUT2D eigenvalue weighted by Gasteiger charge is -1.94. The van der Waals surface area contributed by atoms with Crippen LogP contribution in [-0.4, -0.2) is 12.5 Å². The van der Waals surface area contributed by atoms with Crippen LogP contribution in [0.1, 0.15) is 13.3 Å². The van der Waals surface area contributed by atoms with E-state index in [-0.39, 0.29) is 24.5 Å². The lowest BCUT2D eigenvalue weighted by Crippen LogP contribution is -2.20. The van der Waals surface area contributed by atoms with Crippen LogP contribution in [0, 0.1) is 0 Å². The Morgan fingerprint density at radius 1 is 1.70 bits per heavy atom. The lowest BCUT2D eigenvalue weighted by atomic mass is 10.4. The third-order valence-corrected chi connectivity index (χ3v) is 0.735. The summed E-state index contributed by atoms with van der Waals surface area (Å²) in [5.41, 5.74) is 0. The number of halogens is 1. The fourth-order valence-corrected chi connectivity index (χ4v) is 0.320. The molecule has 0 aliphatic carbocycles. The van der Waals surface area contributed by atoms with E-state index in [9.17, 15) is 4.79 Å². The molecule has 0 rings (SSSR count). The summed E-state index contributed by atoms with van der Waals surface area (Å²) < 4.78 is 0. The molecule has 0 spiro atoms. The van der Waals surface area contributed by atoms with Crippen molar-refractivity contribution < 1.29 is 4.79 Å². The van der Waals surface area contributed by atoms with Gasteiger partial charge in [0.1, 0.15) is 0 Å². The molecule has 0 atom stereocenters. The van der Waals surface area contributed by atoms with Crippen molar-refractivity contribution in [2.45, 2.75) is 13.3 Å². The van der Waals surface area contributed by atoms with E-state index in [1.54, 1.807) is 0 Å². The number of amides is 1. The minimum atomic E-state index is -0.0909. The van der Waals surface area contributed by atoms with Crippen LogP contribution in [0.3, 0.4) is 0 Å². The quantitative estimate of drug-likeness (QED) is 0.621. The van der Waals surface area contributed by atoms with Crippen LogP contribution in [0.5, 0.6) is 0 Å². The summed E-state index contributed by atoms with van der Waals surface area (Å²) in [5.74, 6) is -0.0909. The summed E-state index contributed by atoms with van der Waals surface area (Å²) in [6.45, 7) is 6.05. The normalized spacial score (nSPS) is 6.50. The second-order valence-electron chi connectivity index (χ2n) is 1.50. The summed E-state index contributed by atoms with van der Waals surface area (Å²) in [4.78, 5) is 10.3. The molecule has 0 heterocycles. The molecule has 62 valence electrons. The van der Waals surface area contributed by atoms with E-state index in [4.69, 9.17) is 0 Å². The largest absolute Gasteiger partial charge is 0.353 e. The summed E-state index contributed by atoms with van der Waals surface area (Å²) in [6, 6.07) is 0. The molecule has 4 N–H and O–H groups in total. The molecule has 0 aromatic rings. The molecule has 4 heteroatoms. The topological polar surface area (TPSA) is 64.1 Å². The van der Waals surface area contributed by atoms with Crippen LogP contribution < -0.4 is 11.5 Å². The van der Waals surface area contributed by atoms with E-state index in [1.165, 1.54) is 6.08 Å². The summed E-state index contributed by atoms with van der Waals surface area (Å²) in [6.07, 6.45) is 2.25. The van der Waals surface area contributed by atoms with Gasteiger partial charge >= 0.3 is 0 Å². The number of hydrogen-bond acceptors (Lipinski definition) is 2. The Bertz CT molecular complexity index is 95.7. The molecule has 0 radical (unpaired) electrons. The van der Waals surface area contributed by atoms with E-state index in [2.05, 4.69) is 11.9 Å². The minimum Gasteiger partial charge on any atom is -0.353 e. The van der Waals surface area contributed by atoms with Crippen molar-refractivity contribution in [3.8, 4) is 0 Å². The third kappa shape index (κ3) is 10.4. The fraction of sp³-hybridized carbons (Fsp3) is 0.500. The minimum absolute atomic E-state index is 0. The van der Waals surface area contributed by atoms with Crippen molar-refractivity contribution in [1.29, 1.82) is 0 Å². The molecule has 0 saturated heterocycles. The van der Waals surface area contributed by atoms with Crippen LogP contribution in [0.15, 0.2) is 12.7 Å². The van der Waals surface area contributed by atoms with Crippen molar-refractivity contribution in [3.63, 3.8) is 0 Å². The van der Waals surface area contributed by atoms with Crippen LogP contribution in [0.25, 0.3) is 0 Å². The van der Waals surface area contributed by atoms with Crippen molar-refractivity contribution in [2.75, 3.05) is 6.54 Å². The van der Waals surface area contributed by atoms with Gasteiger partial charge in [-0.15, -0.1) is 12.4 Å². The zero-order valence-electron chi connectivity index (χ0n) is 6.22. The molecule has 0 unspecified atom stereocenters. The van der Waals surface area contributed by atoms with Gasteiger partial charge in [0, 0.05) is 6.54 Å². The molecular weight excluding hydrogens is 152 g/mol. The molecule has 0 fully saturated rings. The van der Waals surface area contributed by atoms with Crippen molar-refractivity contribution in [3.05, 3.63) is 12.7 Å². The van der Waals surface area contributed by atoms with Gasteiger partial charge in [-0.25, -0.2) is 0 Å². The standard InChI is InChI=1S/C6H11NO.ClH.H3N/c1-3-5-7-6(8)4-2;;/h4H,2-3,5H2,1H3,(H,7,8);1H;1H3. The Labute approximate surface area is 67.9 Å². The number of carbonyl (C=O) groups excluding carboxylic acids is 1. The Hall–Kier alpha value is -0.540. The second kappa shape index (κ2) is 11.3. The highest BCUT2D eigenvalue weighted by Gasteiger charge is 1.86. The van der Waals surface area contributed by atoms with Gasteiger partial charge in [0.25, 0.3) is 0 Å². The van der Waals surface area contributed by atoms with Gasteiger partial charge in [0.05, 0.1) is 0 Å². The number of rotatable bonds is 3. The first kappa shape index (κ1) is 16.2. The van der Waals surface area contributed by atoms with Gasteiger partial charge in [0.2, 0.25) is 5.91 Å². The molecule has 10 heavy (non-hydrogen) atoms. The SMILES string of the molecule is C=CC(=O)NCCC.Cl.N. The van der Waals surface area contributed by atoms with Crippen LogP contribution >= 0.6 is 12.4 Å². The maximum atomic E-state index is 10.3. The molecule has 0 aromatic carbocycles. The van der Waals surface area contributed by atoms with E-state index in [0.717, 1.165) is 13.0 Å². The molecule has 3 nitrogen and oxygen atoms in total. The number of carbonyl (C=O) groups is 1. The lowest BCUT2D eigenvalue weighted by molar-refractivity contribution is -0.116. The average Bonchev–Trinajstić information content (AvgIpc) is 1.83. The number of hydrogen-bond donors (Lipinski definition) is 2. The van der Waals surface area contributed by atoms with Gasteiger partial charge in [-0.05, 0) is 12.5 Å². The monoisotopic (exact) mass is 166 g/mol. The fourth-order valence-electron chi connectivity index (χ4n) is 0.320. The van der Waals surface area contributed by atoms with Crippen LogP contribution in [-0.2, 0) is 4.79 Å². The molecule has 1 amide bonds. The van der Waals surface area contributed by atoms with E-state index in [1.807, 2.05) is 6.92 Å². The molecular formula is C6H15ClN2O. The van der Waals surface area contributed by atoms with E-state index < -0.39 is 0 Å². The summed E-state index contributed by atoms with van der Waals surface area (Å²) in [7, 11) is 0. The van der Waals surface area contributed by atoms with Gasteiger partial charge < -0.3 is 11.5 Å². The van der Waals surface area contributed by atoms with Gasteiger partial charge in [0.15, 0.2) is 0 Å². The maximum Gasteiger partial charge on any atom is 0.243 e. The van der Waals surface area contributed by atoms with Crippen LogP contribution in [0.4, 0.5) is 0 Å². The second-order valence-corrected chi connectivity index (χ2v) is 1.50. The Balaban J connectivity index is -0.000000245. The van der Waals surface area contributed by atoms with Gasteiger partial charge in [-0.3, -0.25) is 4.79 Å². The summed E-state index contributed by atoms with van der Waals surface area (Å²) in [5, 5.41) is 2.62. The van der Waals surface area contributed by atoms with E-state index >= 15 is 0 Å². The van der Waals surface area contributed by atoms with Crippen LogP contribution in [0.2, 0.25) is 0 Å². The average molecular weight is 167 g/mol. The van der Waals surface area contributed by atoms with Crippen molar-refractivity contribution in [2.24, 2.45) is 0 Å². The highest BCUT2D eigenvalue weighted by Crippen LogP contribution is 1.70. The zero-order valence-corrected chi connectivity index (χ0v) is 7.04. The smallest absolute Gasteiger partial charge is 0.243 e. The highest BCUT2D eigenvalue weighted by molar-refractivity contribution is 5.86. The summed E-state index contributed by atoms with van der Waals surface area (Å²) >= 11 is 0. The first-order chi connectivity index (χ1) is 3.81. The molecule has 0 aliphatic rings. The molecule has 0 aromatic heterocycles. The number of nitrogens with one attached hydrogen (secondary N) is 1. The third-order valence-electron chi connectivity index (χ3n) is 0.735. The Morgan fingerprint density at radius 3 is 2.50 bits per heavy atom. The maximum absolute atomic E-state index is 10.3.